The monoisotopic (exact) mass is 386 g/mol. The molecule has 0 spiro atoms. The Bertz CT molecular complexity index is 960. The van der Waals surface area contributed by atoms with Gasteiger partial charge in [-0.25, -0.2) is 0 Å². The third-order valence-electron chi connectivity index (χ3n) is 4.12. The van der Waals surface area contributed by atoms with Crippen LogP contribution < -0.4 is 5.32 Å². The van der Waals surface area contributed by atoms with Crippen LogP contribution in [0.1, 0.15) is 24.1 Å². The Balaban J connectivity index is 1.75. The largest absolute Gasteiger partial charge is 0.348 e. The fourth-order valence-electron chi connectivity index (χ4n) is 2.65. The number of aromatic nitrogens is 3. The predicted octanol–water partition coefficient (Wildman–Crippen LogP) is 4.45. The molecule has 7 heteroatoms. The van der Waals surface area contributed by atoms with Gasteiger partial charge in [-0.05, 0) is 55.9 Å². The minimum atomic E-state index is -0.134. The van der Waals surface area contributed by atoms with Gasteiger partial charge in [0.2, 0.25) is 5.91 Å². The first-order valence-corrected chi connectivity index (χ1v) is 9.00. The van der Waals surface area contributed by atoms with E-state index in [1.165, 1.54) is 5.56 Å². The number of rotatable bonds is 5. The molecule has 0 radical (unpaired) electrons. The first-order chi connectivity index (χ1) is 12.4. The zero-order valence-corrected chi connectivity index (χ0v) is 16.1. The fourth-order valence-corrected chi connectivity index (χ4v) is 2.98. The molecular weight excluding hydrogens is 368 g/mol. The summed E-state index contributed by atoms with van der Waals surface area (Å²) >= 11 is 11.2. The lowest BCUT2D eigenvalue weighted by Crippen LogP contribution is -2.30. The number of hydrogen-bond acceptors (Lipinski definition) is 3. The van der Waals surface area contributed by atoms with Crippen LogP contribution in [0, 0.1) is 11.7 Å². The molecule has 0 fully saturated rings. The van der Waals surface area contributed by atoms with Gasteiger partial charge < -0.3 is 5.32 Å². The third-order valence-corrected chi connectivity index (χ3v) is 4.68. The summed E-state index contributed by atoms with van der Waals surface area (Å²) in [6.45, 7) is 4.08. The Morgan fingerprint density at radius 1 is 1.23 bits per heavy atom. The second kappa shape index (κ2) is 7.85. The van der Waals surface area contributed by atoms with Gasteiger partial charge in [-0.3, -0.25) is 14.5 Å². The number of nitrogens with zero attached hydrogens (tertiary/aromatic N) is 2. The van der Waals surface area contributed by atoms with Crippen molar-refractivity contribution in [1.82, 2.24) is 20.1 Å². The van der Waals surface area contributed by atoms with Gasteiger partial charge in [-0.1, -0.05) is 41.4 Å². The van der Waals surface area contributed by atoms with Gasteiger partial charge in [0.15, 0.2) is 10.6 Å². The highest BCUT2D eigenvalue weighted by atomic mass is 35.5. The van der Waals surface area contributed by atoms with E-state index in [0.717, 1.165) is 11.1 Å². The van der Waals surface area contributed by atoms with Crippen molar-refractivity contribution in [3.05, 3.63) is 69.5 Å². The Morgan fingerprint density at radius 3 is 2.54 bits per heavy atom. The first-order valence-electron chi connectivity index (χ1n) is 8.21. The molecule has 0 aliphatic carbocycles. The molecule has 1 atom stereocenters. The molecule has 134 valence electrons. The Morgan fingerprint density at radius 2 is 1.88 bits per heavy atom. The van der Waals surface area contributed by atoms with Gasteiger partial charge in [0.25, 0.3) is 0 Å². The first kappa shape index (κ1) is 18.4. The molecule has 5 nitrogen and oxygen atoms in total. The van der Waals surface area contributed by atoms with E-state index in [2.05, 4.69) is 15.5 Å². The van der Waals surface area contributed by atoms with E-state index in [9.17, 15) is 4.79 Å². The fraction of sp³-hybridized carbons (Fsp3) is 0.211. The summed E-state index contributed by atoms with van der Waals surface area (Å²) in [5.41, 5.74) is 3.07. The summed E-state index contributed by atoms with van der Waals surface area (Å²) in [5.74, 6) is 0.468. The van der Waals surface area contributed by atoms with Gasteiger partial charge in [-0.15, -0.1) is 0 Å². The zero-order chi connectivity index (χ0) is 18.7. The van der Waals surface area contributed by atoms with Crippen molar-refractivity contribution in [1.29, 1.82) is 0 Å². The van der Waals surface area contributed by atoms with E-state index in [4.69, 9.17) is 23.8 Å². The lowest BCUT2D eigenvalue weighted by molar-refractivity contribution is -0.122. The molecule has 1 heterocycles. The lowest BCUT2D eigenvalue weighted by Gasteiger charge is -2.15. The van der Waals surface area contributed by atoms with E-state index >= 15 is 0 Å². The average molecular weight is 387 g/mol. The Kier molecular flexibility index (Phi) is 5.54. The van der Waals surface area contributed by atoms with E-state index < -0.39 is 0 Å². The minimum absolute atomic E-state index is 0.0868. The van der Waals surface area contributed by atoms with Crippen molar-refractivity contribution >= 4 is 29.7 Å². The highest BCUT2D eigenvalue weighted by Crippen LogP contribution is 2.20. The maximum atomic E-state index is 12.5. The quantitative estimate of drug-likeness (QED) is 0.637. The summed E-state index contributed by atoms with van der Waals surface area (Å²) in [5, 5.41) is 10.6. The van der Waals surface area contributed by atoms with Crippen molar-refractivity contribution in [2.75, 3.05) is 0 Å². The van der Waals surface area contributed by atoms with Crippen LogP contribution >= 0.6 is 23.8 Å². The molecule has 26 heavy (non-hydrogen) atoms. The third kappa shape index (κ3) is 4.20. The van der Waals surface area contributed by atoms with Gasteiger partial charge in [-0.2, -0.15) is 5.10 Å². The summed E-state index contributed by atoms with van der Waals surface area (Å²) in [6, 6.07) is 15.2. The van der Waals surface area contributed by atoms with Crippen molar-refractivity contribution < 1.29 is 4.79 Å². The lowest BCUT2D eigenvalue weighted by atomic mass is 10.1. The van der Waals surface area contributed by atoms with Crippen LogP contribution in [0.25, 0.3) is 11.4 Å². The second-order valence-corrected chi connectivity index (χ2v) is 6.97. The maximum absolute atomic E-state index is 12.5. The Hall–Kier alpha value is -2.44. The number of hydrogen-bond donors (Lipinski definition) is 2. The van der Waals surface area contributed by atoms with E-state index in [-0.39, 0.29) is 18.5 Å². The number of halogens is 1. The number of nitrogens with one attached hydrogen (secondary N) is 2. The standard InChI is InChI=1S/C19H19ClN4OS/c1-12-3-5-14(6-4-12)13(2)21-17(25)11-24-18(22-23-19(24)26)15-7-9-16(20)10-8-15/h3-10,13H,11H2,1-2H3,(H,21,25)(H,23,26). The maximum Gasteiger partial charge on any atom is 0.240 e. The normalized spacial score (nSPS) is 12.0. The molecule has 0 bridgehead atoms. The van der Waals surface area contributed by atoms with Gasteiger partial charge >= 0.3 is 0 Å². The number of carbonyl (C=O) groups excluding carboxylic acids is 1. The molecule has 1 unspecified atom stereocenters. The topological polar surface area (TPSA) is 62.7 Å². The number of benzene rings is 2. The number of amides is 1. The Labute approximate surface area is 162 Å². The molecule has 3 rings (SSSR count). The van der Waals surface area contributed by atoms with Crippen LogP contribution in [-0.4, -0.2) is 20.7 Å². The predicted molar refractivity (Wildman–Crippen MR) is 106 cm³/mol. The molecule has 1 aromatic heterocycles. The summed E-state index contributed by atoms with van der Waals surface area (Å²) < 4.78 is 2.07. The minimum Gasteiger partial charge on any atom is -0.348 e. The van der Waals surface area contributed by atoms with Crippen molar-refractivity contribution in [2.24, 2.45) is 0 Å². The van der Waals surface area contributed by atoms with Crippen LogP contribution in [0.2, 0.25) is 5.02 Å². The van der Waals surface area contributed by atoms with Crippen molar-refractivity contribution in [2.45, 2.75) is 26.4 Å². The van der Waals surface area contributed by atoms with Gasteiger partial charge in [0.05, 0.1) is 6.04 Å². The molecule has 0 saturated carbocycles. The number of aromatic amines is 1. The number of aryl methyl sites for hydroxylation is 1. The molecular formula is C19H19ClN4OS. The summed E-state index contributed by atoms with van der Waals surface area (Å²) in [7, 11) is 0. The molecule has 2 N–H and O–H groups in total. The zero-order valence-electron chi connectivity index (χ0n) is 14.5. The van der Waals surface area contributed by atoms with Crippen LogP contribution in [0.5, 0.6) is 0 Å². The highest BCUT2D eigenvalue weighted by Gasteiger charge is 2.14. The van der Waals surface area contributed by atoms with E-state index in [1.807, 2.05) is 50.2 Å². The van der Waals surface area contributed by atoms with Gasteiger partial charge in [0, 0.05) is 10.6 Å². The van der Waals surface area contributed by atoms with Crippen molar-refractivity contribution in [3.8, 4) is 11.4 Å². The van der Waals surface area contributed by atoms with E-state index in [1.54, 1.807) is 16.7 Å². The van der Waals surface area contributed by atoms with Crippen LogP contribution in [-0.2, 0) is 11.3 Å². The second-order valence-electron chi connectivity index (χ2n) is 6.15. The van der Waals surface area contributed by atoms with Crippen LogP contribution in [0.4, 0.5) is 0 Å². The summed E-state index contributed by atoms with van der Waals surface area (Å²) in [6.07, 6.45) is 0. The molecule has 0 saturated heterocycles. The molecule has 1 amide bonds. The van der Waals surface area contributed by atoms with E-state index in [0.29, 0.717) is 15.6 Å². The molecule has 0 aliphatic heterocycles. The van der Waals surface area contributed by atoms with Crippen LogP contribution in [0.15, 0.2) is 48.5 Å². The SMILES string of the molecule is Cc1ccc(C(C)NC(=O)Cn2c(-c3ccc(Cl)cc3)n[nH]c2=S)cc1. The average Bonchev–Trinajstić information content (AvgIpc) is 2.97. The molecule has 0 aliphatic rings. The highest BCUT2D eigenvalue weighted by molar-refractivity contribution is 7.71. The smallest absolute Gasteiger partial charge is 0.240 e. The number of carbonyl (C=O) groups is 1. The molecule has 3 aromatic rings. The van der Waals surface area contributed by atoms with Gasteiger partial charge in [0.1, 0.15) is 6.54 Å². The van der Waals surface area contributed by atoms with Crippen molar-refractivity contribution in [3.63, 3.8) is 0 Å². The van der Waals surface area contributed by atoms with Crippen LogP contribution in [0.3, 0.4) is 0 Å². The summed E-state index contributed by atoms with van der Waals surface area (Å²) in [4.78, 5) is 12.5. The molecule has 2 aromatic carbocycles. The number of H-pyrrole nitrogens is 1.